The normalized spacial score (nSPS) is 23.3. The average Bonchev–Trinajstić information content (AvgIpc) is 2.54. The molecule has 0 bridgehead atoms. The van der Waals surface area contributed by atoms with Gasteiger partial charge in [0.05, 0.1) is 11.8 Å². The zero-order chi connectivity index (χ0) is 12.6. The number of hydrogen-bond donors (Lipinski definition) is 1. The summed E-state index contributed by atoms with van der Waals surface area (Å²) in [5, 5.41) is 13.4. The van der Waals surface area contributed by atoms with Crippen molar-refractivity contribution >= 4 is 5.91 Å². The van der Waals surface area contributed by atoms with Crippen LogP contribution < -0.4 is 0 Å². The van der Waals surface area contributed by atoms with Gasteiger partial charge in [0.2, 0.25) is 0 Å². The van der Waals surface area contributed by atoms with Crippen LogP contribution in [0.25, 0.3) is 0 Å². The summed E-state index contributed by atoms with van der Waals surface area (Å²) < 4.78 is 1.61. The Bertz CT molecular complexity index is 421. The fraction of sp³-hybridized carbons (Fsp3) is 0.667. The molecule has 0 atom stereocenters. The van der Waals surface area contributed by atoms with Crippen molar-refractivity contribution in [3.63, 3.8) is 0 Å². The molecule has 94 valence electrons. The van der Waals surface area contributed by atoms with Gasteiger partial charge in [0.15, 0.2) is 0 Å². The molecule has 0 aliphatic heterocycles. The number of hydrogen-bond acceptors (Lipinski definition) is 3. The van der Waals surface area contributed by atoms with Crippen LogP contribution in [0.3, 0.4) is 0 Å². The average molecular weight is 237 g/mol. The van der Waals surface area contributed by atoms with Crippen LogP contribution >= 0.6 is 0 Å². The molecule has 1 aromatic heterocycles. The van der Waals surface area contributed by atoms with E-state index in [0.717, 1.165) is 18.5 Å². The molecule has 1 heterocycles. The van der Waals surface area contributed by atoms with Gasteiger partial charge in [-0.1, -0.05) is 0 Å². The Morgan fingerprint density at radius 1 is 1.65 bits per heavy atom. The second-order valence-electron chi connectivity index (χ2n) is 4.97. The van der Waals surface area contributed by atoms with Crippen molar-refractivity contribution in [2.45, 2.75) is 25.9 Å². The molecule has 0 saturated heterocycles. The lowest BCUT2D eigenvalue weighted by Crippen LogP contribution is -2.40. The molecular formula is C12H19N3O2. The Balaban J connectivity index is 1.97. The second-order valence-corrected chi connectivity index (χ2v) is 4.97. The maximum absolute atomic E-state index is 12.1. The molecule has 5 heteroatoms. The quantitative estimate of drug-likeness (QED) is 0.836. The first-order valence-electron chi connectivity index (χ1n) is 5.91. The van der Waals surface area contributed by atoms with Gasteiger partial charge in [-0.05, 0) is 31.7 Å². The van der Waals surface area contributed by atoms with Crippen LogP contribution in [-0.2, 0) is 7.05 Å². The van der Waals surface area contributed by atoms with E-state index in [0.29, 0.717) is 18.2 Å². The number of nitrogens with zero attached hydrogens (tertiary/aromatic N) is 3. The van der Waals surface area contributed by atoms with E-state index in [2.05, 4.69) is 5.10 Å². The van der Waals surface area contributed by atoms with Crippen molar-refractivity contribution in [1.29, 1.82) is 0 Å². The van der Waals surface area contributed by atoms with Gasteiger partial charge in [-0.3, -0.25) is 9.48 Å². The monoisotopic (exact) mass is 237 g/mol. The van der Waals surface area contributed by atoms with E-state index in [1.807, 2.05) is 6.92 Å². The molecule has 1 aliphatic rings. The fourth-order valence-corrected chi connectivity index (χ4v) is 2.33. The highest BCUT2D eigenvalue weighted by Gasteiger charge is 2.29. The minimum atomic E-state index is -0.164. The highest BCUT2D eigenvalue weighted by Crippen LogP contribution is 2.27. The van der Waals surface area contributed by atoms with E-state index >= 15 is 0 Å². The van der Waals surface area contributed by atoms with Crippen LogP contribution in [0.15, 0.2) is 6.07 Å². The lowest BCUT2D eigenvalue weighted by Gasteiger charge is -2.34. The summed E-state index contributed by atoms with van der Waals surface area (Å²) in [7, 11) is 3.58. The number of aryl methyl sites for hydroxylation is 2. The van der Waals surface area contributed by atoms with E-state index in [9.17, 15) is 9.90 Å². The van der Waals surface area contributed by atoms with Crippen LogP contribution in [0, 0.1) is 12.8 Å². The minimum absolute atomic E-state index is 0.00510. The number of aromatic nitrogens is 2. The topological polar surface area (TPSA) is 58.4 Å². The number of amides is 1. The van der Waals surface area contributed by atoms with Crippen molar-refractivity contribution < 1.29 is 9.90 Å². The van der Waals surface area contributed by atoms with Gasteiger partial charge >= 0.3 is 0 Å². The van der Waals surface area contributed by atoms with Crippen LogP contribution in [-0.4, -0.2) is 45.4 Å². The smallest absolute Gasteiger partial charge is 0.271 e. The van der Waals surface area contributed by atoms with Gasteiger partial charge in [0, 0.05) is 20.6 Å². The van der Waals surface area contributed by atoms with Gasteiger partial charge in [-0.25, -0.2) is 0 Å². The predicted octanol–water partition coefficient (Wildman–Crippen LogP) is 0.571. The molecule has 1 amide bonds. The number of rotatable bonds is 3. The Kier molecular flexibility index (Phi) is 3.19. The third-order valence-corrected chi connectivity index (χ3v) is 3.31. The first-order chi connectivity index (χ1) is 7.97. The van der Waals surface area contributed by atoms with Crippen molar-refractivity contribution in [3.05, 3.63) is 17.5 Å². The van der Waals surface area contributed by atoms with Gasteiger partial charge < -0.3 is 10.0 Å². The number of aliphatic hydroxyl groups is 1. The zero-order valence-electron chi connectivity index (χ0n) is 10.6. The summed E-state index contributed by atoms with van der Waals surface area (Å²) in [6.07, 6.45) is 1.45. The molecular weight excluding hydrogens is 218 g/mol. The highest BCUT2D eigenvalue weighted by atomic mass is 16.3. The summed E-state index contributed by atoms with van der Waals surface area (Å²) in [4.78, 5) is 13.9. The Hall–Kier alpha value is -1.36. The van der Waals surface area contributed by atoms with Gasteiger partial charge in [-0.15, -0.1) is 0 Å². The molecule has 0 aromatic carbocycles. The number of aliphatic hydroxyl groups excluding tert-OH is 1. The fourth-order valence-electron chi connectivity index (χ4n) is 2.33. The van der Waals surface area contributed by atoms with Crippen LogP contribution in [0.5, 0.6) is 0 Å². The molecule has 0 spiro atoms. The number of carbonyl (C=O) groups excluding carboxylic acids is 1. The molecule has 1 aromatic rings. The second kappa shape index (κ2) is 4.49. The third kappa shape index (κ3) is 2.49. The van der Waals surface area contributed by atoms with Crippen LogP contribution in [0.4, 0.5) is 0 Å². The van der Waals surface area contributed by atoms with E-state index in [1.165, 1.54) is 0 Å². The third-order valence-electron chi connectivity index (χ3n) is 3.31. The van der Waals surface area contributed by atoms with E-state index in [-0.39, 0.29) is 12.0 Å². The van der Waals surface area contributed by atoms with E-state index < -0.39 is 0 Å². The largest absolute Gasteiger partial charge is 0.393 e. The number of carbonyl (C=O) groups is 1. The molecule has 2 rings (SSSR count). The predicted molar refractivity (Wildman–Crippen MR) is 63.6 cm³/mol. The summed E-state index contributed by atoms with van der Waals surface area (Å²) >= 11 is 0. The van der Waals surface area contributed by atoms with Crippen LogP contribution in [0.2, 0.25) is 0 Å². The van der Waals surface area contributed by atoms with Crippen LogP contribution in [0.1, 0.15) is 29.0 Å². The molecule has 1 saturated carbocycles. The van der Waals surface area contributed by atoms with Gasteiger partial charge in [0.1, 0.15) is 5.69 Å². The van der Waals surface area contributed by atoms with Crippen molar-refractivity contribution in [3.8, 4) is 0 Å². The van der Waals surface area contributed by atoms with E-state index in [4.69, 9.17) is 0 Å². The summed E-state index contributed by atoms with van der Waals surface area (Å²) in [5.41, 5.74) is 1.47. The van der Waals surface area contributed by atoms with Crippen molar-refractivity contribution in [2.75, 3.05) is 13.6 Å². The zero-order valence-corrected chi connectivity index (χ0v) is 10.6. The summed E-state index contributed by atoms with van der Waals surface area (Å²) in [6.45, 7) is 2.58. The molecule has 17 heavy (non-hydrogen) atoms. The standard InChI is InChI=1S/C12H19N3O2/c1-8-4-11(15(3)13-8)12(17)14(2)7-9-5-10(16)6-9/h4,9-10,16H,5-7H2,1-3H3. The Labute approximate surface area is 101 Å². The van der Waals surface area contributed by atoms with Crippen molar-refractivity contribution in [1.82, 2.24) is 14.7 Å². The maximum atomic E-state index is 12.1. The first-order valence-corrected chi connectivity index (χ1v) is 5.91. The first kappa shape index (κ1) is 12.1. The Morgan fingerprint density at radius 2 is 2.29 bits per heavy atom. The lowest BCUT2D eigenvalue weighted by molar-refractivity contribution is 0.0262. The van der Waals surface area contributed by atoms with Crippen molar-refractivity contribution in [2.24, 2.45) is 13.0 Å². The summed E-state index contributed by atoms with van der Waals surface area (Å²) in [6, 6.07) is 1.80. The SMILES string of the molecule is Cc1cc(C(=O)N(C)CC2CC(O)C2)n(C)n1. The molecule has 0 unspecified atom stereocenters. The molecule has 1 N–H and O–H groups in total. The Morgan fingerprint density at radius 3 is 2.76 bits per heavy atom. The molecule has 1 aliphatic carbocycles. The van der Waals surface area contributed by atoms with Gasteiger partial charge in [0.25, 0.3) is 5.91 Å². The lowest BCUT2D eigenvalue weighted by atomic mass is 9.82. The molecule has 1 fully saturated rings. The summed E-state index contributed by atoms with van der Waals surface area (Å²) in [5.74, 6) is 0.433. The van der Waals surface area contributed by atoms with Gasteiger partial charge in [-0.2, -0.15) is 5.10 Å². The molecule has 0 radical (unpaired) electrons. The minimum Gasteiger partial charge on any atom is -0.393 e. The van der Waals surface area contributed by atoms with E-state index in [1.54, 1.807) is 29.7 Å². The maximum Gasteiger partial charge on any atom is 0.271 e. The molecule has 5 nitrogen and oxygen atoms in total. The highest BCUT2D eigenvalue weighted by molar-refractivity contribution is 5.92.